The number of benzene rings is 2. The highest BCUT2D eigenvalue weighted by Crippen LogP contribution is 2.25. The van der Waals surface area contributed by atoms with E-state index in [-0.39, 0.29) is 11.9 Å². The van der Waals surface area contributed by atoms with Crippen molar-refractivity contribution in [3.8, 4) is 0 Å². The summed E-state index contributed by atoms with van der Waals surface area (Å²) in [6.07, 6.45) is 2.53. The molecule has 0 radical (unpaired) electrons. The molecular formula is C19H20O2. The van der Waals surface area contributed by atoms with Crippen molar-refractivity contribution in [3.63, 3.8) is 0 Å². The Labute approximate surface area is 126 Å². The lowest BCUT2D eigenvalue weighted by atomic mass is 9.93. The lowest BCUT2D eigenvalue weighted by Gasteiger charge is -2.12. The summed E-state index contributed by atoms with van der Waals surface area (Å²) in [7, 11) is 1.42. The minimum atomic E-state index is -0.181. The molecule has 0 bridgehead atoms. The van der Waals surface area contributed by atoms with Crippen LogP contribution in [0.4, 0.5) is 0 Å². The second-order valence-corrected chi connectivity index (χ2v) is 5.07. The van der Waals surface area contributed by atoms with Gasteiger partial charge in [0.1, 0.15) is 0 Å². The highest BCUT2D eigenvalue weighted by atomic mass is 16.5. The normalized spacial score (nSPS) is 11.5. The average Bonchev–Trinajstić information content (AvgIpc) is 2.54. The topological polar surface area (TPSA) is 26.3 Å². The molecule has 0 fully saturated rings. The molecule has 108 valence electrons. The van der Waals surface area contributed by atoms with Crippen molar-refractivity contribution < 1.29 is 9.53 Å². The van der Waals surface area contributed by atoms with Crippen LogP contribution in [0.15, 0.2) is 66.7 Å². The minimum Gasteiger partial charge on any atom is -0.469 e. The first-order valence-corrected chi connectivity index (χ1v) is 7.10. The van der Waals surface area contributed by atoms with Gasteiger partial charge in [-0.1, -0.05) is 73.7 Å². The third-order valence-electron chi connectivity index (χ3n) is 3.34. The minimum absolute atomic E-state index is 0.118. The van der Waals surface area contributed by atoms with Crippen molar-refractivity contribution in [1.82, 2.24) is 0 Å². The first-order chi connectivity index (χ1) is 10.2. The Bertz CT molecular complexity index is 558. The maximum Gasteiger partial charge on any atom is 0.306 e. The summed E-state index contributed by atoms with van der Waals surface area (Å²) in [6, 6.07) is 20.5. The van der Waals surface area contributed by atoms with E-state index < -0.39 is 0 Å². The van der Waals surface area contributed by atoms with Crippen LogP contribution in [0, 0.1) is 5.92 Å². The van der Waals surface area contributed by atoms with Gasteiger partial charge in [-0.15, -0.1) is 0 Å². The monoisotopic (exact) mass is 280 g/mol. The van der Waals surface area contributed by atoms with Gasteiger partial charge in [0.2, 0.25) is 0 Å². The highest BCUT2D eigenvalue weighted by molar-refractivity contribution is 5.80. The van der Waals surface area contributed by atoms with Gasteiger partial charge in [-0.3, -0.25) is 4.79 Å². The smallest absolute Gasteiger partial charge is 0.306 e. The second kappa shape index (κ2) is 7.44. The number of hydrogen-bond donors (Lipinski definition) is 0. The predicted octanol–water partition coefficient (Wildman–Crippen LogP) is 4.32. The lowest BCUT2D eigenvalue weighted by Crippen LogP contribution is -2.06. The van der Waals surface area contributed by atoms with Gasteiger partial charge in [0.05, 0.1) is 13.5 Å². The summed E-state index contributed by atoms with van der Waals surface area (Å²) in [5.74, 6) is -0.0629. The van der Waals surface area contributed by atoms with Crippen LogP contribution in [0.5, 0.6) is 0 Å². The van der Waals surface area contributed by atoms with Crippen molar-refractivity contribution in [1.29, 1.82) is 0 Å². The van der Waals surface area contributed by atoms with E-state index in [0.29, 0.717) is 6.42 Å². The maximum atomic E-state index is 11.4. The second-order valence-electron chi connectivity index (χ2n) is 5.07. The van der Waals surface area contributed by atoms with Gasteiger partial charge in [0.15, 0.2) is 0 Å². The van der Waals surface area contributed by atoms with Crippen LogP contribution in [0.2, 0.25) is 0 Å². The van der Waals surface area contributed by atoms with E-state index in [2.05, 4.69) is 30.3 Å². The number of carbonyl (C=O) groups excluding carboxylic acids is 1. The molecule has 0 aliphatic carbocycles. The number of carbonyl (C=O) groups is 1. The largest absolute Gasteiger partial charge is 0.469 e. The predicted molar refractivity (Wildman–Crippen MR) is 85.8 cm³/mol. The van der Waals surface area contributed by atoms with Crippen LogP contribution in [0.25, 0.3) is 5.57 Å². The highest BCUT2D eigenvalue weighted by Gasteiger charge is 2.10. The van der Waals surface area contributed by atoms with E-state index in [1.165, 1.54) is 7.11 Å². The molecule has 0 aliphatic heterocycles. The van der Waals surface area contributed by atoms with Gasteiger partial charge in [-0.25, -0.2) is 0 Å². The molecule has 2 nitrogen and oxygen atoms in total. The Morgan fingerprint density at radius 2 is 1.48 bits per heavy atom. The van der Waals surface area contributed by atoms with Gasteiger partial charge in [-0.2, -0.15) is 0 Å². The summed E-state index contributed by atoms with van der Waals surface area (Å²) < 4.78 is 4.75. The Morgan fingerprint density at radius 3 is 1.90 bits per heavy atom. The molecule has 2 heteroatoms. The number of hydrogen-bond acceptors (Lipinski definition) is 2. The van der Waals surface area contributed by atoms with Crippen LogP contribution in [-0.2, 0) is 9.53 Å². The van der Waals surface area contributed by atoms with E-state index in [0.717, 1.165) is 16.7 Å². The number of methoxy groups -OCH3 is 1. The summed E-state index contributed by atoms with van der Waals surface area (Å²) in [5, 5.41) is 0. The molecule has 0 N–H and O–H groups in total. The van der Waals surface area contributed by atoms with Gasteiger partial charge < -0.3 is 4.74 Å². The molecular weight excluding hydrogens is 260 g/mol. The first kappa shape index (κ1) is 15.0. The quantitative estimate of drug-likeness (QED) is 0.762. The fourth-order valence-electron chi connectivity index (χ4n) is 2.28. The van der Waals surface area contributed by atoms with Crippen LogP contribution in [-0.4, -0.2) is 13.1 Å². The molecule has 2 aromatic carbocycles. The fraction of sp³-hybridized carbons (Fsp3) is 0.211. The molecule has 0 heterocycles. The molecule has 0 unspecified atom stereocenters. The zero-order valence-electron chi connectivity index (χ0n) is 12.5. The molecule has 0 saturated heterocycles. The van der Waals surface area contributed by atoms with Crippen LogP contribution in [0.3, 0.4) is 0 Å². The number of ether oxygens (including phenoxy) is 1. The standard InChI is InChI=1S/C19H20O2/c1-15(14-19(20)21-2)13-18(16-9-5-3-6-10-16)17-11-7-4-8-12-17/h3-13,15H,14H2,1-2H3/t15-/m0/s1. The SMILES string of the molecule is COC(=O)C[C@@H](C)C=C(c1ccccc1)c1ccccc1. The lowest BCUT2D eigenvalue weighted by molar-refractivity contribution is -0.141. The molecule has 0 aromatic heterocycles. The number of esters is 1. The number of rotatable bonds is 5. The molecule has 0 aliphatic rings. The first-order valence-electron chi connectivity index (χ1n) is 7.10. The van der Waals surface area contributed by atoms with Crippen molar-refractivity contribution in [3.05, 3.63) is 77.9 Å². The Morgan fingerprint density at radius 1 is 1.00 bits per heavy atom. The molecule has 0 amide bonds. The molecule has 0 spiro atoms. The molecule has 0 saturated carbocycles. The molecule has 2 aromatic rings. The summed E-state index contributed by atoms with van der Waals surface area (Å²) in [4.78, 5) is 11.4. The van der Waals surface area contributed by atoms with E-state index in [1.54, 1.807) is 0 Å². The summed E-state index contributed by atoms with van der Waals surface area (Å²) >= 11 is 0. The third-order valence-corrected chi connectivity index (χ3v) is 3.34. The van der Waals surface area contributed by atoms with Crippen LogP contribution >= 0.6 is 0 Å². The van der Waals surface area contributed by atoms with Crippen molar-refractivity contribution >= 4 is 11.5 Å². The summed E-state index contributed by atoms with van der Waals surface area (Å²) in [6.45, 7) is 2.03. The molecule has 1 atom stereocenters. The molecule has 21 heavy (non-hydrogen) atoms. The Hall–Kier alpha value is -2.35. The Balaban J connectivity index is 2.35. The fourth-order valence-corrected chi connectivity index (χ4v) is 2.28. The van der Waals surface area contributed by atoms with E-state index in [1.807, 2.05) is 43.3 Å². The van der Waals surface area contributed by atoms with Crippen molar-refractivity contribution in [2.45, 2.75) is 13.3 Å². The third kappa shape index (κ3) is 4.32. The van der Waals surface area contributed by atoms with Gasteiger partial charge in [-0.05, 0) is 22.6 Å². The maximum absolute atomic E-state index is 11.4. The average molecular weight is 280 g/mol. The van der Waals surface area contributed by atoms with Crippen LogP contribution in [0.1, 0.15) is 24.5 Å². The molecule has 2 rings (SSSR count). The van der Waals surface area contributed by atoms with Gasteiger partial charge in [0, 0.05) is 0 Å². The van der Waals surface area contributed by atoms with Gasteiger partial charge in [0.25, 0.3) is 0 Å². The number of allylic oxidation sites excluding steroid dienone is 1. The zero-order chi connectivity index (χ0) is 15.1. The van der Waals surface area contributed by atoms with Gasteiger partial charge >= 0.3 is 5.97 Å². The van der Waals surface area contributed by atoms with E-state index in [4.69, 9.17) is 4.74 Å². The zero-order valence-corrected chi connectivity index (χ0v) is 12.5. The van der Waals surface area contributed by atoms with E-state index in [9.17, 15) is 4.79 Å². The van der Waals surface area contributed by atoms with E-state index >= 15 is 0 Å². The summed E-state index contributed by atoms with van der Waals surface area (Å²) in [5.41, 5.74) is 3.45. The van der Waals surface area contributed by atoms with Crippen molar-refractivity contribution in [2.75, 3.05) is 7.11 Å². The van der Waals surface area contributed by atoms with Crippen molar-refractivity contribution in [2.24, 2.45) is 5.92 Å². The Kier molecular flexibility index (Phi) is 5.33. The van der Waals surface area contributed by atoms with Crippen LogP contribution < -0.4 is 0 Å².